The fourth-order valence-electron chi connectivity index (χ4n) is 13.0. The maximum absolute atomic E-state index is 12.5. The number of hydrogen-bond donors (Lipinski definition) is 12. The predicted octanol–water partition coefficient (Wildman–Crippen LogP) is 17.0. The summed E-state index contributed by atoms with van der Waals surface area (Å²) in [4.78, 5) is 0. The molecule has 0 saturated heterocycles. The first-order valence-corrected chi connectivity index (χ1v) is 29.6. The van der Waals surface area contributed by atoms with Gasteiger partial charge in [-0.25, -0.2) is 0 Å². The molecule has 12 nitrogen and oxygen atoms in total. The summed E-state index contributed by atoms with van der Waals surface area (Å²) in [5, 5.41) is 149. The molecule has 12 N–H and O–H groups in total. The van der Waals surface area contributed by atoms with E-state index in [9.17, 15) is 61.3 Å². The standard InChI is InChI=1S/C64H96O12/c1-9-17-25-37(26-18-10-2)49-41-33-43(55(67)61(73)53(41)65)50(38(27-19-11-3)28-20-12-4)45-35-47(59(71)63(75)57(45)69)52(40(31-23-15-7)32-24-16-8)48-36-46(58(70)64(76)60(48)72)51(39(29-21-13-5)30-22-14-6)44-34-42(49)54(66)62(74)56(44)68/h33-40,49-52,65-76H,9-32H2,1-8H3. The normalized spacial score (nSPS) is 16.7. The second kappa shape index (κ2) is 28.7. The molecule has 424 valence electrons. The highest BCUT2D eigenvalue weighted by atomic mass is 16.3. The highest BCUT2D eigenvalue weighted by molar-refractivity contribution is 5.71. The fraction of sp³-hybridized carbons (Fsp3) is 0.625. The highest BCUT2D eigenvalue weighted by Gasteiger charge is 2.42. The van der Waals surface area contributed by atoms with Gasteiger partial charge in [-0.2, -0.15) is 0 Å². The maximum atomic E-state index is 12.5. The lowest BCUT2D eigenvalue weighted by atomic mass is 9.68. The predicted molar refractivity (Wildman–Crippen MR) is 303 cm³/mol. The van der Waals surface area contributed by atoms with E-state index in [2.05, 4.69) is 55.4 Å². The largest absolute Gasteiger partial charge is 0.504 e. The Kier molecular flexibility index (Phi) is 23.2. The Balaban J connectivity index is 2.23. The lowest BCUT2D eigenvalue weighted by Gasteiger charge is -2.36. The molecule has 5 rings (SSSR count). The van der Waals surface area contributed by atoms with Crippen molar-refractivity contribution in [3.63, 3.8) is 0 Å². The van der Waals surface area contributed by atoms with Crippen LogP contribution in [0, 0.1) is 23.7 Å². The molecule has 0 aromatic heterocycles. The van der Waals surface area contributed by atoms with Crippen molar-refractivity contribution >= 4 is 0 Å². The van der Waals surface area contributed by atoms with Crippen molar-refractivity contribution in [2.24, 2.45) is 23.7 Å². The minimum atomic E-state index is -1.01. The third-order valence-electron chi connectivity index (χ3n) is 17.2. The molecule has 1 aliphatic rings. The van der Waals surface area contributed by atoms with Gasteiger partial charge in [-0.1, -0.05) is 158 Å². The molecular formula is C64H96O12. The monoisotopic (exact) mass is 1060 g/mol. The summed E-state index contributed by atoms with van der Waals surface area (Å²) in [6, 6.07) is 6.54. The zero-order valence-corrected chi connectivity index (χ0v) is 47.3. The molecule has 0 unspecified atom stereocenters. The van der Waals surface area contributed by atoms with E-state index >= 15 is 0 Å². The Labute approximate surface area is 454 Å². The molecule has 4 aromatic rings. The average Bonchev–Trinajstić information content (AvgIpc) is 3.46. The van der Waals surface area contributed by atoms with Gasteiger partial charge in [-0.3, -0.25) is 0 Å². The van der Waals surface area contributed by atoms with Gasteiger partial charge in [-0.15, -0.1) is 0 Å². The number of aromatic hydroxyl groups is 12. The Morgan fingerprint density at radius 3 is 0.447 bits per heavy atom. The van der Waals surface area contributed by atoms with Crippen molar-refractivity contribution in [2.45, 2.75) is 233 Å². The SMILES string of the molecule is CCCCC(CCCC)C1c2cc(c(O)c(O)c2O)C(C(CCCC)CCCC)c2cc(c(O)c(O)c2O)C(C(CCCC)CCCC)c2cc(c(O)c(O)c2O)C(C(CCCC)CCCC)c2cc1c(O)c(O)c2O. The van der Waals surface area contributed by atoms with Crippen molar-refractivity contribution in [3.05, 3.63) is 68.8 Å². The van der Waals surface area contributed by atoms with Gasteiger partial charge < -0.3 is 61.3 Å². The molecule has 76 heavy (non-hydrogen) atoms. The first-order valence-electron chi connectivity index (χ1n) is 29.6. The van der Waals surface area contributed by atoms with Gasteiger partial charge in [0.2, 0.25) is 23.0 Å². The third kappa shape index (κ3) is 13.1. The van der Waals surface area contributed by atoms with Gasteiger partial charge in [0, 0.05) is 68.2 Å². The van der Waals surface area contributed by atoms with Gasteiger partial charge in [-0.05, 0) is 99.3 Å². The van der Waals surface area contributed by atoms with E-state index in [0.29, 0.717) is 51.4 Å². The quantitative estimate of drug-likeness (QED) is 0.0238. The molecule has 0 spiro atoms. The molecule has 0 saturated carbocycles. The van der Waals surface area contributed by atoms with E-state index in [-0.39, 0.29) is 68.2 Å². The molecule has 4 aromatic carbocycles. The van der Waals surface area contributed by atoms with Crippen molar-refractivity contribution < 1.29 is 61.3 Å². The molecule has 1 aliphatic carbocycles. The van der Waals surface area contributed by atoms with Crippen LogP contribution in [0.15, 0.2) is 24.3 Å². The Bertz CT molecular complexity index is 2010. The second-order valence-corrected chi connectivity index (χ2v) is 22.5. The van der Waals surface area contributed by atoms with Gasteiger partial charge in [0.05, 0.1) is 0 Å². The average molecular weight is 1060 g/mol. The van der Waals surface area contributed by atoms with Crippen LogP contribution in [0.5, 0.6) is 69.0 Å². The zero-order chi connectivity index (χ0) is 56.0. The fourth-order valence-corrected chi connectivity index (χ4v) is 13.0. The molecule has 0 fully saturated rings. The van der Waals surface area contributed by atoms with Crippen LogP contribution in [0.25, 0.3) is 0 Å². The van der Waals surface area contributed by atoms with E-state index in [4.69, 9.17) is 0 Å². The van der Waals surface area contributed by atoms with Gasteiger partial charge >= 0.3 is 0 Å². The number of rotatable bonds is 28. The van der Waals surface area contributed by atoms with E-state index < -0.39 is 92.7 Å². The summed E-state index contributed by atoms with van der Waals surface area (Å²) in [5.74, 6) is -13.9. The summed E-state index contributed by atoms with van der Waals surface area (Å²) in [6.07, 6.45) is 17.0. The van der Waals surface area contributed by atoms with Crippen LogP contribution in [-0.4, -0.2) is 61.3 Å². The first kappa shape index (κ1) is 61.3. The minimum absolute atomic E-state index is 0.132. The summed E-state index contributed by atoms with van der Waals surface area (Å²) in [7, 11) is 0. The molecule has 0 heterocycles. The molecule has 12 heteroatoms. The Hall–Kier alpha value is -5.52. The lowest BCUT2D eigenvalue weighted by Crippen LogP contribution is -2.22. The van der Waals surface area contributed by atoms with Crippen LogP contribution >= 0.6 is 0 Å². The van der Waals surface area contributed by atoms with Crippen molar-refractivity contribution in [2.75, 3.05) is 0 Å². The van der Waals surface area contributed by atoms with Crippen LogP contribution in [-0.2, 0) is 0 Å². The van der Waals surface area contributed by atoms with Crippen LogP contribution in [0.2, 0.25) is 0 Å². The van der Waals surface area contributed by atoms with E-state index in [1.54, 1.807) is 24.3 Å². The summed E-state index contributed by atoms with van der Waals surface area (Å²) >= 11 is 0. The van der Waals surface area contributed by atoms with Crippen LogP contribution in [0.1, 0.15) is 278 Å². The lowest BCUT2D eigenvalue weighted by molar-refractivity contribution is 0.315. The summed E-state index contributed by atoms with van der Waals surface area (Å²) < 4.78 is 0. The van der Waals surface area contributed by atoms with Crippen molar-refractivity contribution in [3.8, 4) is 69.0 Å². The van der Waals surface area contributed by atoms with E-state index in [1.165, 1.54) is 0 Å². The Morgan fingerprint density at radius 2 is 0.342 bits per heavy atom. The van der Waals surface area contributed by atoms with Gasteiger partial charge in [0.1, 0.15) is 0 Å². The zero-order valence-electron chi connectivity index (χ0n) is 47.3. The third-order valence-corrected chi connectivity index (χ3v) is 17.2. The number of phenols is 12. The van der Waals surface area contributed by atoms with Gasteiger partial charge in [0.15, 0.2) is 46.0 Å². The number of hydrogen-bond acceptors (Lipinski definition) is 12. The molecule has 0 atom stereocenters. The second-order valence-electron chi connectivity index (χ2n) is 22.5. The number of benzene rings is 4. The number of phenolic OH excluding ortho intramolecular Hbond substituents is 12. The summed E-state index contributed by atoms with van der Waals surface area (Å²) in [5.41, 5.74) is 1.06. The molecule has 0 aliphatic heterocycles. The topological polar surface area (TPSA) is 243 Å². The van der Waals surface area contributed by atoms with Crippen molar-refractivity contribution in [1.29, 1.82) is 0 Å². The van der Waals surface area contributed by atoms with Gasteiger partial charge in [0.25, 0.3) is 0 Å². The smallest absolute Gasteiger partial charge is 0.200 e. The summed E-state index contributed by atoms with van der Waals surface area (Å²) in [6.45, 7) is 16.5. The van der Waals surface area contributed by atoms with Crippen LogP contribution in [0.3, 0.4) is 0 Å². The minimum Gasteiger partial charge on any atom is -0.504 e. The maximum Gasteiger partial charge on any atom is 0.200 e. The molecule has 8 bridgehead atoms. The van der Waals surface area contributed by atoms with E-state index in [0.717, 1.165) is 103 Å². The van der Waals surface area contributed by atoms with Crippen molar-refractivity contribution in [1.82, 2.24) is 0 Å². The van der Waals surface area contributed by atoms with Crippen LogP contribution < -0.4 is 0 Å². The molecule has 0 amide bonds. The Morgan fingerprint density at radius 1 is 0.224 bits per heavy atom. The molecular weight excluding hydrogens is 961 g/mol. The first-order chi connectivity index (χ1) is 36.5. The number of fused-ring (bicyclic) bond motifs is 8. The number of unbranched alkanes of at least 4 members (excludes halogenated alkanes) is 8. The van der Waals surface area contributed by atoms with Crippen LogP contribution in [0.4, 0.5) is 0 Å². The molecule has 0 radical (unpaired) electrons. The van der Waals surface area contributed by atoms with E-state index in [1.807, 2.05) is 0 Å². The highest BCUT2D eigenvalue weighted by Crippen LogP contribution is 2.62.